The summed E-state index contributed by atoms with van der Waals surface area (Å²) in [7, 11) is -3.80. The first-order valence-electron chi connectivity index (χ1n) is 9.06. The predicted octanol–water partition coefficient (Wildman–Crippen LogP) is 4.91. The van der Waals surface area contributed by atoms with Crippen LogP contribution in [0.5, 0.6) is 0 Å². The molecule has 146 valence electrons. The lowest BCUT2D eigenvalue weighted by Gasteiger charge is -2.21. The minimum Gasteiger partial charge on any atom is -0.235 e. The van der Waals surface area contributed by atoms with E-state index >= 15 is 0 Å². The second-order valence-electron chi connectivity index (χ2n) is 6.57. The number of rotatable bonds is 6. The van der Waals surface area contributed by atoms with Crippen molar-refractivity contribution >= 4 is 26.5 Å². The molecule has 0 aliphatic carbocycles. The average Bonchev–Trinajstić information content (AvgIpc) is 3.23. The van der Waals surface area contributed by atoms with Gasteiger partial charge in [-0.15, -0.1) is 10.2 Å². The summed E-state index contributed by atoms with van der Waals surface area (Å²) >= 11 is 1.26. The number of aromatic nitrogens is 2. The SMILES string of the molecule is Cc1ccc(S(=O)(=O)N(Cc2ccccc2)c2nnc(-c3ccccc3)s2)cc1. The number of hydrogen-bond acceptors (Lipinski definition) is 5. The van der Waals surface area contributed by atoms with Gasteiger partial charge in [0.25, 0.3) is 10.0 Å². The van der Waals surface area contributed by atoms with Crippen molar-refractivity contribution in [3.05, 3.63) is 96.1 Å². The maximum Gasteiger partial charge on any atom is 0.266 e. The number of anilines is 1. The van der Waals surface area contributed by atoms with Crippen molar-refractivity contribution < 1.29 is 8.42 Å². The standard InChI is InChI=1S/C22H19N3O2S2/c1-17-12-14-20(15-13-17)29(26,27)25(16-18-8-4-2-5-9-18)22-24-23-21(28-22)19-10-6-3-7-11-19/h2-15H,16H2,1H3. The van der Waals surface area contributed by atoms with Crippen molar-refractivity contribution in [2.24, 2.45) is 0 Å². The Labute approximate surface area is 174 Å². The monoisotopic (exact) mass is 421 g/mol. The van der Waals surface area contributed by atoms with Crippen molar-refractivity contribution in [2.75, 3.05) is 4.31 Å². The number of aryl methyl sites for hydroxylation is 1. The van der Waals surface area contributed by atoms with E-state index in [9.17, 15) is 8.42 Å². The highest BCUT2D eigenvalue weighted by atomic mass is 32.2. The molecule has 1 heterocycles. The van der Waals surface area contributed by atoms with Gasteiger partial charge >= 0.3 is 0 Å². The molecule has 1 aromatic heterocycles. The maximum atomic E-state index is 13.5. The molecular formula is C22H19N3O2S2. The maximum absolute atomic E-state index is 13.5. The van der Waals surface area contributed by atoms with E-state index in [4.69, 9.17) is 0 Å². The van der Waals surface area contributed by atoms with Gasteiger partial charge in [0.1, 0.15) is 5.01 Å². The third-order valence-electron chi connectivity index (χ3n) is 4.43. The molecule has 0 aliphatic heterocycles. The molecule has 5 nitrogen and oxygen atoms in total. The Bertz CT molecular complexity index is 1190. The van der Waals surface area contributed by atoms with Crippen LogP contribution in [-0.4, -0.2) is 18.6 Å². The Balaban J connectivity index is 1.77. The Hall–Kier alpha value is -3.03. The van der Waals surface area contributed by atoms with Gasteiger partial charge in [0.05, 0.1) is 11.4 Å². The van der Waals surface area contributed by atoms with Gasteiger partial charge in [-0.2, -0.15) is 0 Å². The zero-order valence-electron chi connectivity index (χ0n) is 15.8. The van der Waals surface area contributed by atoms with Crippen LogP contribution in [0, 0.1) is 6.92 Å². The van der Waals surface area contributed by atoms with Crippen LogP contribution < -0.4 is 4.31 Å². The Morgan fingerprint density at radius 2 is 1.45 bits per heavy atom. The van der Waals surface area contributed by atoms with E-state index in [1.807, 2.05) is 67.6 Å². The largest absolute Gasteiger partial charge is 0.266 e. The summed E-state index contributed by atoms with van der Waals surface area (Å²) in [5.74, 6) is 0. The van der Waals surface area contributed by atoms with Gasteiger partial charge in [-0.05, 0) is 24.6 Å². The summed E-state index contributed by atoms with van der Waals surface area (Å²) in [6.45, 7) is 2.11. The highest BCUT2D eigenvalue weighted by Gasteiger charge is 2.28. The Morgan fingerprint density at radius 1 is 0.828 bits per heavy atom. The summed E-state index contributed by atoms with van der Waals surface area (Å²) in [4.78, 5) is 0.232. The van der Waals surface area contributed by atoms with E-state index in [0.29, 0.717) is 10.1 Å². The summed E-state index contributed by atoms with van der Waals surface area (Å²) in [5, 5.41) is 9.47. The predicted molar refractivity (Wildman–Crippen MR) is 116 cm³/mol. The molecule has 0 saturated heterocycles. The molecule has 7 heteroatoms. The fourth-order valence-corrected chi connectivity index (χ4v) is 5.31. The summed E-state index contributed by atoms with van der Waals surface area (Å²) in [6, 6.07) is 25.9. The van der Waals surface area contributed by atoms with Gasteiger partial charge in [-0.25, -0.2) is 12.7 Å². The van der Waals surface area contributed by atoms with Crippen LogP contribution in [0.2, 0.25) is 0 Å². The smallest absolute Gasteiger partial charge is 0.235 e. The highest BCUT2D eigenvalue weighted by molar-refractivity contribution is 7.93. The van der Waals surface area contributed by atoms with Crippen LogP contribution in [0.15, 0.2) is 89.8 Å². The Morgan fingerprint density at radius 3 is 2.10 bits per heavy atom. The number of sulfonamides is 1. The topological polar surface area (TPSA) is 63.2 Å². The molecule has 0 atom stereocenters. The van der Waals surface area contributed by atoms with E-state index in [2.05, 4.69) is 10.2 Å². The van der Waals surface area contributed by atoms with E-state index in [1.54, 1.807) is 24.3 Å². The molecule has 0 unspecified atom stereocenters. The van der Waals surface area contributed by atoms with Gasteiger partial charge in [-0.3, -0.25) is 0 Å². The van der Waals surface area contributed by atoms with Gasteiger partial charge in [0.2, 0.25) is 5.13 Å². The lowest BCUT2D eigenvalue weighted by Crippen LogP contribution is -2.30. The first-order chi connectivity index (χ1) is 14.0. The van der Waals surface area contributed by atoms with E-state index in [1.165, 1.54) is 15.6 Å². The zero-order valence-corrected chi connectivity index (χ0v) is 17.4. The first kappa shape index (κ1) is 19.3. The molecule has 0 bridgehead atoms. The van der Waals surface area contributed by atoms with E-state index in [0.717, 1.165) is 16.7 Å². The molecule has 3 aromatic carbocycles. The van der Waals surface area contributed by atoms with E-state index in [-0.39, 0.29) is 11.4 Å². The third-order valence-corrected chi connectivity index (χ3v) is 7.29. The molecule has 4 rings (SSSR count). The Kier molecular flexibility index (Phi) is 5.42. The second kappa shape index (κ2) is 8.14. The van der Waals surface area contributed by atoms with Crippen LogP contribution in [0.3, 0.4) is 0 Å². The van der Waals surface area contributed by atoms with Gasteiger partial charge in [0, 0.05) is 5.56 Å². The van der Waals surface area contributed by atoms with Crippen LogP contribution in [0.1, 0.15) is 11.1 Å². The highest BCUT2D eigenvalue weighted by Crippen LogP contribution is 2.33. The van der Waals surface area contributed by atoms with Crippen LogP contribution in [-0.2, 0) is 16.6 Å². The second-order valence-corrected chi connectivity index (χ2v) is 9.38. The minimum atomic E-state index is -3.80. The van der Waals surface area contributed by atoms with Gasteiger partial charge < -0.3 is 0 Å². The summed E-state index contributed by atoms with van der Waals surface area (Å²) < 4.78 is 28.2. The van der Waals surface area contributed by atoms with Gasteiger partial charge in [-0.1, -0.05) is 89.7 Å². The summed E-state index contributed by atoms with van der Waals surface area (Å²) in [5.41, 5.74) is 2.78. The van der Waals surface area contributed by atoms with Crippen molar-refractivity contribution in [2.45, 2.75) is 18.4 Å². The van der Waals surface area contributed by atoms with Crippen molar-refractivity contribution in [1.82, 2.24) is 10.2 Å². The molecule has 0 N–H and O–H groups in total. The molecule has 29 heavy (non-hydrogen) atoms. The normalized spacial score (nSPS) is 11.3. The van der Waals surface area contributed by atoms with Crippen LogP contribution in [0.4, 0.5) is 5.13 Å². The van der Waals surface area contributed by atoms with Crippen molar-refractivity contribution in [3.63, 3.8) is 0 Å². The molecule has 0 radical (unpaired) electrons. The lowest BCUT2D eigenvalue weighted by atomic mass is 10.2. The number of nitrogens with zero attached hydrogens (tertiary/aromatic N) is 3. The van der Waals surface area contributed by atoms with Crippen molar-refractivity contribution in [1.29, 1.82) is 0 Å². The molecule has 4 aromatic rings. The molecule has 0 aliphatic rings. The number of hydrogen-bond donors (Lipinski definition) is 0. The first-order valence-corrected chi connectivity index (χ1v) is 11.3. The molecule has 0 spiro atoms. The molecular weight excluding hydrogens is 402 g/mol. The van der Waals surface area contributed by atoms with Crippen LogP contribution in [0.25, 0.3) is 10.6 Å². The summed E-state index contributed by atoms with van der Waals surface area (Å²) in [6.07, 6.45) is 0. The fourth-order valence-electron chi connectivity index (χ4n) is 2.86. The lowest BCUT2D eigenvalue weighted by molar-refractivity contribution is 0.590. The quantitative estimate of drug-likeness (QED) is 0.444. The fraction of sp³-hybridized carbons (Fsp3) is 0.0909. The molecule has 0 amide bonds. The number of benzene rings is 3. The van der Waals surface area contributed by atoms with E-state index < -0.39 is 10.0 Å². The minimum absolute atomic E-state index is 0.181. The van der Waals surface area contributed by atoms with Gasteiger partial charge in [0.15, 0.2) is 0 Å². The average molecular weight is 422 g/mol. The third kappa shape index (κ3) is 4.21. The molecule has 0 fully saturated rings. The zero-order chi connectivity index (χ0) is 20.3. The van der Waals surface area contributed by atoms with Crippen LogP contribution >= 0.6 is 11.3 Å². The van der Waals surface area contributed by atoms with Crippen molar-refractivity contribution in [3.8, 4) is 10.6 Å². The molecule has 0 saturated carbocycles.